The smallest absolute Gasteiger partial charge is 0.0685 e. The van der Waals surface area contributed by atoms with Crippen molar-refractivity contribution in [2.75, 3.05) is 13.7 Å². The molecule has 62 valence electrons. The van der Waals surface area contributed by atoms with Gasteiger partial charge in [0.1, 0.15) is 0 Å². The summed E-state index contributed by atoms with van der Waals surface area (Å²) in [5, 5.41) is 0. The van der Waals surface area contributed by atoms with Gasteiger partial charge in [-0.05, 0) is 25.8 Å². The molecular formula is C8H19NO. The van der Waals surface area contributed by atoms with Crippen molar-refractivity contribution >= 4 is 0 Å². The fraction of sp³-hybridized carbons (Fsp3) is 1.00. The third-order valence-corrected chi connectivity index (χ3v) is 2.33. The van der Waals surface area contributed by atoms with Gasteiger partial charge in [0.25, 0.3) is 0 Å². The van der Waals surface area contributed by atoms with Gasteiger partial charge in [0.2, 0.25) is 0 Å². The average Bonchev–Trinajstić information content (AvgIpc) is 1.88. The molecule has 0 spiro atoms. The average molecular weight is 145 g/mol. The van der Waals surface area contributed by atoms with Crippen LogP contribution in [0.2, 0.25) is 0 Å². The van der Waals surface area contributed by atoms with E-state index in [-0.39, 0.29) is 5.60 Å². The van der Waals surface area contributed by atoms with E-state index in [2.05, 4.69) is 20.8 Å². The van der Waals surface area contributed by atoms with Gasteiger partial charge in [-0.25, -0.2) is 0 Å². The summed E-state index contributed by atoms with van der Waals surface area (Å²) in [4.78, 5) is 0. The Morgan fingerprint density at radius 1 is 1.50 bits per heavy atom. The van der Waals surface area contributed by atoms with E-state index in [0.29, 0.717) is 12.5 Å². The predicted molar refractivity (Wildman–Crippen MR) is 43.9 cm³/mol. The van der Waals surface area contributed by atoms with E-state index < -0.39 is 0 Å². The van der Waals surface area contributed by atoms with E-state index in [9.17, 15) is 0 Å². The molecule has 0 aliphatic heterocycles. The normalized spacial score (nSPS) is 17.4. The van der Waals surface area contributed by atoms with Crippen molar-refractivity contribution in [1.82, 2.24) is 0 Å². The molecule has 0 radical (unpaired) electrons. The SMILES string of the molecule is COC(C)(CCN)C(C)C. The van der Waals surface area contributed by atoms with Gasteiger partial charge in [-0.2, -0.15) is 0 Å². The van der Waals surface area contributed by atoms with Crippen molar-refractivity contribution in [3.8, 4) is 0 Å². The molecule has 1 atom stereocenters. The molecule has 0 saturated heterocycles. The van der Waals surface area contributed by atoms with Crippen LogP contribution in [0, 0.1) is 5.92 Å². The second-order valence-corrected chi connectivity index (χ2v) is 3.21. The zero-order chi connectivity index (χ0) is 8.20. The number of methoxy groups -OCH3 is 1. The van der Waals surface area contributed by atoms with Gasteiger partial charge in [0, 0.05) is 7.11 Å². The Morgan fingerprint density at radius 3 is 2.10 bits per heavy atom. The molecule has 0 aliphatic rings. The first-order valence-electron chi connectivity index (χ1n) is 3.82. The highest BCUT2D eigenvalue weighted by Gasteiger charge is 2.26. The minimum Gasteiger partial charge on any atom is -0.378 e. The Labute approximate surface area is 63.7 Å². The number of ether oxygens (including phenoxy) is 1. The van der Waals surface area contributed by atoms with Gasteiger partial charge in [-0.3, -0.25) is 0 Å². The van der Waals surface area contributed by atoms with Gasteiger partial charge in [0.15, 0.2) is 0 Å². The highest BCUT2D eigenvalue weighted by molar-refractivity contribution is 4.78. The summed E-state index contributed by atoms with van der Waals surface area (Å²) in [7, 11) is 1.75. The van der Waals surface area contributed by atoms with Crippen LogP contribution in [-0.4, -0.2) is 19.3 Å². The minimum atomic E-state index is -0.0330. The number of hydrogen-bond acceptors (Lipinski definition) is 2. The largest absolute Gasteiger partial charge is 0.378 e. The topological polar surface area (TPSA) is 35.2 Å². The number of rotatable bonds is 4. The molecule has 0 aromatic carbocycles. The highest BCUT2D eigenvalue weighted by Crippen LogP contribution is 2.23. The van der Waals surface area contributed by atoms with Crippen LogP contribution < -0.4 is 5.73 Å². The quantitative estimate of drug-likeness (QED) is 0.649. The van der Waals surface area contributed by atoms with E-state index in [1.807, 2.05) is 0 Å². The summed E-state index contributed by atoms with van der Waals surface area (Å²) >= 11 is 0. The van der Waals surface area contributed by atoms with Crippen LogP contribution in [0.5, 0.6) is 0 Å². The van der Waals surface area contributed by atoms with Gasteiger partial charge >= 0.3 is 0 Å². The van der Waals surface area contributed by atoms with E-state index in [1.165, 1.54) is 0 Å². The molecule has 0 fully saturated rings. The summed E-state index contributed by atoms with van der Waals surface area (Å²) in [6, 6.07) is 0. The third kappa shape index (κ3) is 2.27. The molecule has 2 nitrogen and oxygen atoms in total. The second-order valence-electron chi connectivity index (χ2n) is 3.21. The summed E-state index contributed by atoms with van der Waals surface area (Å²) in [6.45, 7) is 7.10. The molecule has 0 bridgehead atoms. The van der Waals surface area contributed by atoms with E-state index >= 15 is 0 Å². The Balaban J connectivity index is 3.94. The molecule has 0 aliphatic carbocycles. The zero-order valence-electron chi connectivity index (χ0n) is 7.48. The molecule has 1 unspecified atom stereocenters. The molecule has 0 saturated carbocycles. The second kappa shape index (κ2) is 3.94. The van der Waals surface area contributed by atoms with Crippen LogP contribution in [0.1, 0.15) is 27.2 Å². The molecule has 0 amide bonds. The molecule has 2 heteroatoms. The highest BCUT2D eigenvalue weighted by atomic mass is 16.5. The summed E-state index contributed by atoms with van der Waals surface area (Å²) in [5.74, 6) is 0.529. The van der Waals surface area contributed by atoms with Crippen LogP contribution in [0.25, 0.3) is 0 Å². The van der Waals surface area contributed by atoms with Crippen LogP contribution in [-0.2, 0) is 4.74 Å². The number of nitrogens with two attached hydrogens (primary N) is 1. The van der Waals surface area contributed by atoms with Crippen molar-refractivity contribution in [2.45, 2.75) is 32.8 Å². The molecule has 0 heterocycles. The molecule has 2 N–H and O–H groups in total. The molecule has 0 aromatic heterocycles. The zero-order valence-corrected chi connectivity index (χ0v) is 7.48. The van der Waals surface area contributed by atoms with Crippen LogP contribution in [0.15, 0.2) is 0 Å². The first kappa shape index (κ1) is 9.92. The van der Waals surface area contributed by atoms with Gasteiger partial charge in [-0.15, -0.1) is 0 Å². The first-order chi connectivity index (χ1) is 4.56. The van der Waals surface area contributed by atoms with E-state index in [1.54, 1.807) is 7.11 Å². The third-order valence-electron chi connectivity index (χ3n) is 2.33. The lowest BCUT2D eigenvalue weighted by Crippen LogP contribution is -2.35. The fourth-order valence-corrected chi connectivity index (χ4v) is 0.913. The van der Waals surface area contributed by atoms with Crippen molar-refractivity contribution in [3.05, 3.63) is 0 Å². The monoisotopic (exact) mass is 145 g/mol. The molecule has 10 heavy (non-hydrogen) atoms. The Kier molecular flexibility index (Phi) is 3.91. The fourth-order valence-electron chi connectivity index (χ4n) is 0.913. The Bertz CT molecular complexity index is 93.3. The minimum absolute atomic E-state index is 0.0330. The van der Waals surface area contributed by atoms with E-state index in [0.717, 1.165) is 6.42 Å². The Hall–Kier alpha value is -0.0800. The maximum Gasteiger partial charge on any atom is 0.0685 e. The van der Waals surface area contributed by atoms with Crippen LogP contribution in [0.3, 0.4) is 0 Å². The maximum atomic E-state index is 5.45. The lowest BCUT2D eigenvalue weighted by Gasteiger charge is -2.31. The molecule has 0 aromatic rings. The van der Waals surface area contributed by atoms with Crippen LogP contribution >= 0.6 is 0 Å². The molecule has 0 rings (SSSR count). The predicted octanol–water partition coefficient (Wildman–Crippen LogP) is 1.40. The van der Waals surface area contributed by atoms with Crippen molar-refractivity contribution < 1.29 is 4.74 Å². The summed E-state index contributed by atoms with van der Waals surface area (Å²) < 4.78 is 5.36. The number of hydrogen-bond donors (Lipinski definition) is 1. The van der Waals surface area contributed by atoms with E-state index in [4.69, 9.17) is 10.5 Å². The summed E-state index contributed by atoms with van der Waals surface area (Å²) in [6.07, 6.45) is 0.932. The Morgan fingerprint density at radius 2 is 2.00 bits per heavy atom. The van der Waals surface area contributed by atoms with Gasteiger partial charge < -0.3 is 10.5 Å². The standard InChI is InChI=1S/C8H19NO/c1-7(2)8(3,10-4)5-6-9/h7H,5-6,9H2,1-4H3. The van der Waals surface area contributed by atoms with Crippen molar-refractivity contribution in [3.63, 3.8) is 0 Å². The van der Waals surface area contributed by atoms with Gasteiger partial charge in [-0.1, -0.05) is 13.8 Å². The van der Waals surface area contributed by atoms with Crippen molar-refractivity contribution in [1.29, 1.82) is 0 Å². The lowest BCUT2D eigenvalue weighted by molar-refractivity contribution is -0.0365. The molecular weight excluding hydrogens is 126 g/mol. The lowest BCUT2D eigenvalue weighted by atomic mass is 9.89. The van der Waals surface area contributed by atoms with Crippen molar-refractivity contribution in [2.24, 2.45) is 11.7 Å². The maximum absolute atomic E-state index is 5.45. The first-order valence-corrected chi connectivity index (χ1v) is 3.82. The van der Waals surface area contributed by atoms with Gasteiger partial charge in [0.05, 0.1) is 5.60 Å². The summed E-state index contributed by atoms with van der Waals surface area (Å²) in [5.41, 5.74) is 5.42. The van der Waals surface area contributed by atoms with Crippen LogP contribution in [0.4, 0.5) is 0 Å².